The van der Waals surface area contributed by atoms with E-state index in [9.17, 15) is 14.4 Å². The van der Waals surface area contributed by atoms with Gasteiger partial charge < -0.3 is 16.2 Å². The third-order valence-electron chi connectivity index (χ3n) is 2.50. The maximum absolute atomic E-state index is 11.9. The highest BCUT2D eigenvalue weighted by Gasteiger charge is 2.27. The van der Waals surface area contributed by atoms with E-state index in [4.69, 9.17) is 17.3 Å². The van der Waals surface area contributed by atoms with Gasteiger partial charge in [-0.3, -0.25) is 14.4 Å². The van der Waals surface area contributed by atoms with Crippen LogP contribution < -0.4 is 11.1 Å². The molecule has 0 aromatic rings. The highest BCUT2D eigenvalue weighted by Crippen LogP contribution is 2.07. The summed E-state index contributed by atoms with van der Waals surface area (Å²) in [4.78, 5) is 33.7. The maximum atomic E-state index is 11.9. The average Bonchev–Trinajstić information content (AvgIpc) is 2.24. The molecule has 0 spiro atoms. The number of carbonyl (C=O) groups excluding carboxylic acids is 2. The smallest absolute Gasteiger partial charge is 0.304 e. The van der Waals surface area contributed by atoms with E-state index in [1.165, 1.54) is 6.92 Å². The molecule has 0 aliphatic heterocycles. The number of aliphatic carboxylic acids is 1. The molecule has 0 heterocycles. The van der Waals surface area contributed by atoms with Crippen LogP contribution in [0.15, 0.2) is 0 Å². The third-order valence-corrected chi connectivity index (χ3v) is 3.30. The van der Waals surface area contributed by atoms with Crippen LogP contribution in [-0.4, -0.2) is 44.7 Å². The van der Waals surface area contributed by atoms with Crippen molar-refractivity contribution in [1.82, 2.24) is 5.32 Å². The molecule has 0 aromatic carbocycles. The Morgan fingerprint density at radius 1 is 1.50 bits per heavy atom. The van der Waals surface area contributed by atoms with Crippen LogP contribution in [0.1, 0.15) is 19.8 Å². The summed E-state index contributed by atoms with van der Waals surface area (Å²) in [5.41, 5.74) is 5.14. The van der Waals surface area contributed by atoms with Crippen LogP contribution in [0.4, 0.5) is 0 Å². The number of carboxylic acid groups (broad SMARTS) is 1. The third kappa shape index (κ3) is 5.61. The SMILES string of the molecule is C#CC[C@H](NC(=O)[C@H](CC(=O)O)C(N)[SiH3])C(C)=O. The molecule has 6 nitrogen and oxygen atoms in total. The average molecular weight is 270 g/mol. The second-order valence-corrected chi connectivity index (χ2v) is 5.48. The minimum Gasteiger partial charge on any atom is -0.481 e. The van der Waals surface area contributed by atoms with Gasteiger partial charge in [0.15, 0.2) is 5.78 Å². The highest BCUT2D eigenvalue weighted by atomic mass is 28.1. The second-order valence-electron chi connectivity index (χ2n) is 4.14. The Balaban J connectivity index is 4.72. The minimum atomic E-state index is -1.10. The number of rotatable bonds is 7. The Morgan fingerprint density at radius 3 is 2.39 bits per heavy atom. The van der Waals surface area contributed by atoms with Crippen molar-refractivity contribution in [1.29, 1.82) is 0 Å². The Labute approximate surface area is 109 Å². The number of ketones is 1. The van der Waals surface area contributed by atoms with Gasteiger partial charge in [0.1, 0.15) is 0 Å². The fraction of sp³-hybridized carbons (Fsp3) is 0.545. The van der Waals surface area contributed by atoms with Gasteiger partial charge in [0.2, 0.25) is 5.91 Å². The van der Waals surface area contributed by atoms with Gasteiger partial charge in [0.25, 0.3) is 0 Å². The molecule has 0 saturated carbocycles. The lowest BCUT2D eigenvalue weighted by atomic mass is 10.0. The predicted molar refractivity (Wildman–Crippen MR) is 69.7 cm³/mol. The number of nitrogens with two attached hydrogens (primary N) is 1. The van der Waals surface area contributed by atoms with E-state index >= 15 is 0 Å². The van der Waals surface area contributed by atoms with Gasteiger partial charge in [-0.2, -0.15) is 0 Å². The standard InChI is InChI=1S/C11H18N2O4Si/c1-3-4-8(6(2)14)13-11(17)7(10(12)18)5-9(15)16/h1,7-8,10H,4-5,12H2,2,18H3,(H,13,17)(H,15,16)/t7-,8+,10?/m1/s1. The van der Waals surface area contributed by atoms with E-state index in [2.05, 4.69) is 11.2 Å². The molecular weight excluding hydrogens is 252 g/mol. The molecular formula is C11H18N2O4Si. The molecule has 1 unspecified atom stereocenters. The Hall–Kier alpha value is -1.65. The van der Waals surface area contributed by atoms with Crippen molar-refractivity contribution in [3.05, 3.63) is 0 Å². The quantitative estimate of drug-likeness (QED) is 0.360. The molecule has 0 fully saturated rings. The van der Waals surface area contributed by atoms with Crippen molar-refractivity contribution in [2.45, 2.75) is 31.5 Å². The molecule has 0 saturated heterocycles. The summed E-state index contributed by atoms with van der Waals surface area (Å²) < 4.78 is 0. The van der Waals surface area contributed by atoms with Crippen molar-refractivity contribution in [3.8, 4) is 12.3 Å². The van der Waals surface area contributed by atoms with Crippen LogP contribution in [-0.2, 0) is 14.4 Å². The topological polar surface area (TPSA) is 109 Å². The molecule has 7 heteroatoms. The number of Topliss-reactive ketones (excluding diaryl/α,β-unsaturated/α-hetero) is 1. The van der Waals surface area contributed by atoms with Gasteiger partial charge in [-0.25, -0.2) is 0 Å². The van der Waals surface area contributed by atoms with Gasteiger partial charge in [0, 0.05) is 16.7 Å². The molecule has 0 aromatic heterocycles. The van der Waals surface area contributed by atoms with Gasteiger partial charge in [-0.05, 0) is 12.6 Å². The van der Waals surface area contributed by atoms with Crippen LogP contribution >= 0.6 is 0 Å². The van der Waals surface area contributed by atoms with Gasteiger partial charge in [-0.1, -0.05) is 0 Å². The van der Waals surface area contributed by atoms with Crippen LogP contribution in [0.2, 0.25) is 0 Å². The van der Waals surface area contributed by atoms with Crippen LogP contribution in [0.5, 0.6) is 0 Å². The highest BCUT2D eigenvalue weighted by molar-refractivity contribution is 6.14. The summed E-state index contributed by atoms with van der Waals surface area (Å²) in [5.74, 6) is -0.434. The lowest BCUT2D eigenvalue weighted by Gasteiger charge is -2.21. The summed E-state index contributed by atoms with van der Waals surface area (Å²) in [6.07, 6.45) is 4.82. The molecule has 0 aliphatic carbocycles. The Bertz CT molecular complexity index is 376. The summed E-state index contributed by atoms with van der Waals surface area (Å²) in [7, 11) is 0.483. The summed E-state index contributed by atoms with van der Waals surface area (Å²) in [5, 5.41) is 11.2. The number of nitrogens with one attached hydrogen (secondary N) is 1. The van der Waals surface area contributed by atoms with Gasteiger partial charge in [-0.15, -0.1) is 12.3 Å². The molecule has 0 bridgehead atoms. The number of carboxylic acids is 1. The molecule has 18 heavy (non-hydrogen) atoms. The first-order valence-electron chi connectivity index (χ1n) is 5.51. The summed E-state index contributed by atoms with van der Waals surface area (Å²) in [6, 6.07) is -0.779. The molecule has 4 N–H and O–H groups in total. The number of carbonyl (C=O) groups is 3. The zero-order chi connectivity index (χ0) is 14.3. The lowest BCUT2D eigenvalue weighted by molar-refractivity contribution is -0.141. The van der Waals surface area contributed by atoms with E-state index in [1.54, 1.807) is 0 Å². The number of hydrogen-bond donors (Lipinski definition) is 3. The zero-order valence-corrected chi connectivity index (χ0v) is 12.5. The van der Waals surface area contributed by atoms with E-state index in [0.29, 0.717) is 10.2 Å². The molecule has 0 aliphatic rings. The first-order valence-corrected chi connectivity index (χ1v) is 6.66. The van der Waals surface area contributed by atoms with E-state index in [0.717, 1.165) is 0 Å². The van der Waals surface area contributed by atoms with Crippen molar-refractivity contribution < 1.29 is 19.5 Å². The van der Waals surface area contributed by atoms with E-state index in [-0.39, 0.29) is 18.6 Å². The minimum absolute atomic E-state index is 0.0806. The zero-order valence-electron chi connectivity index (χ0n) is 10.5. The first-order chi connectivity index (χ1) is 8.29. The number of terminal acetylenes is 1. The fourth-order valence-corrected chi connectivity index (χ4v) is 1.94. The maximum Gasteiger partial charge on any atom is 0.304 e. The molecule has 0 radical (unpaired) electrons. The summed E-state index contributed by atoms with van der Waals surface area (Å²) >= 11 is 0. The summed E-state index contributed by atoms with van der Waals surface area (Å²) in [6.45, 7) is 1.31. The Kier molecular flexibility index (Phi) is 6.93. The van der Waals surface area contributed by atoms with Crippen LogP contribution in [0.3, 0.4) is 0 Å². The number of amides is 1. The second kappa shape index (κ2) is 7.63. The number of hydrogen-bond acceptors (Lipinski definition) is 4. The predicted octanol–water partition coefficient (Wildman–Crippen LogP) is -2.18. The van der Waals surface area contributed by atoms with Gasteiger partial charge in [0.05, 0.1) is 18.4 Å². The van der Waals surface area contributed by atoms with Crippen LogP contribution in [0.25, 0.3) is 0 Å². The largest absolute Gasteiger partial charge is 0.481 e. The molecule has 3 atom stereocenters. The first kappa shape index (κ1) is 16.3. The van der Waals surface area contributed by atoms with Crippen LogP contribution in [0, 0.1) is 18.3 Å². The lowest BCUT2D eigenvalue weighted by Crippen LogP contribution is -2.48. The normalized spacial score (nSPS) is 15.2. The molecule has 100 valence electrons. The van der Waals surface area contributed by atoms with Gasteiger partial charge >= 0.3 is 5.97 Å². The van der Waals surface area contributed by atoms with Crippen molar-refractivity contribution >= 4 is 27.9 Å². The van der Waals surface area contributed by atoms with Crippen molar-refractivity contribution in [2.75, 3.05) is 0 Å². The molecule has 0 rings (SSSR count). The molecule has 1 amide bonds. The van der Waals surface area contributed by atoms with Crippen molar-refractivity contribution in [2.24, 2.45) is 11.7 Å². The van der Waals surface area contributed by atoms with Crippen molar-refractivity contribution in [3.63, 3.8) is 0 Å². The fourth-order valence-electron chi connectivity index (χ4n) is 1.40. The van der Waals surface area contributed by atoms with E-state index in [1.807, 2.05) is 0 Å². The Morgan fingerprint density at radius 2 is 2.06 bits per heavy atom. The van der Waals surface area contributed by atoms with E-state index < -0.39 is 29.5 Å². The monoisotopic (exact) mass is 270 g/mol.